The van der Waals surface area contributed by atoms with E-state index in [2.05, 4.69) is 25.9 Å². The van der Waals surface area contributed by atoms with Gasteiger partial charge in [0.25, 0.3) is 0 Å². The zero-order valence-electron chi connectivity index (χ0n) is 10.3. The third-order valence-electron chi connectivity index (χ3n) is 2.91. The van der Waals surface area contributed by atoms with Crippen LogP contribution in [0.3, 0.4) is 0 Å². The Labute approximate surface area is 117 Å². The zero-order valence-corrected chi connectivity index (χ0v) is 11.9. The standard InChI is InChI=1S/C13H10BrN3O2/c1-7-5-9(16-12(14)15-7)8-3-4-11-10(6-8)17(2)13(18)19-11/h3-6H,1-2H3. The third kappa shape index (κ3) is 2.08. The predicted octanol–water partition coefficient (Wildman–Crippen LogP) is 2.66. The largest absolute Gasteiger partial charge is 0.419 e. The van der Waals surface area contributed by atoms with Crippen LogP contribution in [-0.4, -0.2) is 14.5 Å². The molecule has 0 atom stereocenters. The van der Waals surface area contributed by atoms with Crippen LogP contribution in [0.4, 0.5) is 0 Å². The number of aryl methyl sites for hydroxylation is 2. The van der Waals surface area contributed by atoms with Crippen LogP contribution in [0.25, 0.3) is 22.4 Å². The molecular formula is C13H10BrN3O2. The summed E-state index contributed by atoms with van der Waals surface area (Å²) in [6, 6.07) is 7.43. The maximum atomic E-state index is 11.5. The van der Waals surface area contributed by atoms with E-state index in [0.29, 0.717) is 10.3 Å². The summed E-state index contributed by atoms with van der Waals surface area (Å²) in [5.74, 6) is -0.368. The van der Waals surface area contributed by atoms with Gasteiger partial charge in [-0.05, 0) is 47.1 Å². The molecule has 1 aromatic carbocycles. The second-order valence-corrected chi connectivity index (χ2v) is 4.98. The Morgan fingerprint density at radius 2 is 2.05 bits per heavy atom. The summed E-state index contributed by atoms with van der Waals surface area (Å²) in [7, 11) is 1.68. The molecule has 0 aliphatic carbocycles. The van der Waals surface area contributed by atoms with E-state index < -0.39 is 0 Å². The fraction of sp³-hybridized carbons (Fsp3) is 0.154. The lowest BCUT2D eigenvalue weighted by molar-refractivity contribution is 0.528. The molecule has 19 heavy (non-hydrogen) atoms. The fourth-order valence-electron chi connectivity index (χ4n) is 1.97. The van der Waals surface area contributed by atoms with Gasteiger partial charge in [0.05, 0.1) is 11.2 Å². The molecule has 0 amide bonds. The van der Waals surface area contributed by atoms with E-state index in [1.807, 2.05) is 25.1 Å². The van der Waals surface area contributed by atoms with Crippen molar-refractivity contribution in [2.24, 2.45) is 7.05 Å². The van der Waals surface area contributed by atoms with Gasteiger partial charge in [-0.15, -0.1) is 0 Å². The van der Waals surface area contributed by atoms with Crippen molar-refractivity contribution in [3.05, 3.63) is 45.2 Å². The molecule has 6 heteroatoms. The van der Waals surface area contributed by atoms with Crippen LogP contribution in [-0.2, 0) is 7.05 Å². The van der Waals surface area contributed by atoms with Gasteiger partial charge >= 0.3 is 5.76 Å². The summed E-state index contributed by atoms with van der Waals surface area (Å²) < 4.78 is 7.12. The monoisotopic (exact) mass is 319 g/mol. The van der Waals surface area contributed by atoms with Crippen molar-refractivity contribution in [2.45, 2.75) is 6.92 Å². The van der Waals surface area contributed by atoms with Gasteiger partial charge in [0.15, 0.2) is 10.3 Å². The summed E-state index contributed by atoms with van der Waals surface area (Å²) in [4.78, 5) is 20.0. The molecule has 5 nitrogen and oxygen atoms in total. The van der Waals surface area contributed by atoms with Gasteiger partial charge in [-0.1, -0.05) is 0 Å². The molecule has 0 saturated heterocycles. The van der Waals surface area contributed by atoms with Crippen LogP contribution in [0, 0.1) is 6.92 Å². The molecule has 0 fully saturated rings. The number of oxazole rings is 1. The molecular weight excluding hydrogens is 310 g/mol. The summed E-state index contributed by atoms with van der Waals surface area (Å²) in [6.45, 7) is 1.90. The number of hydrogen-bond acceptors (Lipinski definition) is 4. The van der Waals surface area contributed by atoms with Crippen LogP contribution >= 0.6 is 15.9 Å². The number of fused-ring (bicyclic) bond motifs is 1. The minimum absolute atomic E-state index is 0.368. The SMILES string of the molecule is Cc1cc(-c2ccc3oc(=O)n(C)c3c2)nc(Br)n1. The van der Waals surface area contributed by atoms with E-state index in [9.17, 15) is 4.79 Å². The first-order valence-electron chi connectivity index (χ1n) is 5.66. The fourth-order valence-corrected chi connectivity index (χ4v) is 2.44. The Bertz CT molecular complexity index is 815. The van der Waals surface area contributed by atoms with Crippen LogP contribution in [0.5, 0.6) is 0 Å². The number of nitrogens with zero attached hydrogens (tertiary/aromatic N) is 3. The normalized spacial score (nSPS) is 11.1. The lowest BCUT2D eigenvalue weighted by Crippen LogP contribution is -2.08. The number of rotatable bonds is 1. The van der Waals surface area contributed by atoms with E-state index in [1.54, 1.807) is 13.1 Å². The van der Waals surface area contributed by atoms with E-state index in [1.165, 1.54) is 4.57 Å². The Kier molecular flexibility index (Phi) is 2.74. The van der Waals surface area contributed by atoms with E-state index in [0.717, 1.165) is 22.5 Å². The molecule has 0 aliphatic rings. The van der Waals surface area contributed by atoms with Gasteiger partial charge in [0, 0.05) is 18.3 Å². The average molecular weight is 320 g/mol. The first kappa shape index (κ1) is 12.1. The molecule has 0 bridgehead atoms. The van der Waals surface area contributed by atoms with Gasteiger partial charge in [0.1, 0.15) is 0 Å². The quantitative estimate of drug-likeness (QED) is 0.647. The first-order valence-corrected chi connectivity index (χ1v) is 6.45. The van der Waals surface area contributed by atoms with Crippen LogP contribution in [0.1, 0.15) is 5.69 Å². The van der Waals surface area contributed by atoms with Gasteiger partial charge < -0.3 is 4.42 Å². The number of benzene rings is 1. The lowest BCUT2D eigenvalue weighted by Gasteiger charge is -2.03. The van der Waals surface area contributed by atoms with Crippen molar-refractivity contribution in [3.63, 3.8) is 0 Å². The average Bonchev–Trinajstić information content (AvgIpc) is 2.64. The van der Waals surface area contributed by atoms with Crippen molar-refractivity contribution in [1.82, 2.24) is 14.5 Å². The second kappa shape index (κ2) is 4.31. The van der Waals surface area contributed by atoms with Gasteiger partial charge in [-0.2, -0.15) is 0 Å². The zero-order chi connectivity index (χ0) is 13.6. The first-order chi connectivity index (χ1) is 9.04. The van der Waals surface area contributed by atoms with Gasteiger partial charge in [0.2, 0.25) is 0 Å². The molecule has 96 valence electrons. The molecule has 0 aliphatic heterocycles. The van der Waals surface area contributed by atoms with Crippen molar-refractivity contribution in [1.29, 1.82) is 0 Å². The van der Waals surface area contributed by atoms with Gasteiger partial charge in [-0.3, -0.25) is 4.57 Å². The molecule has 3 aromatic rings. The number of halogens is 1. The van der Waals surface area contributed by atoms with E-state index in [4.69, 9.17) is 4.42 Å². The molecule has 0 N–H and O–H groups in total. The smallest absolute Gasteiger partial charge is 0.408 e. The van der Waals surface area contributed by atoms with Crippen molar-refractivity contribution >= 4 is 27.0 Å². The maximum absolute atomic E-state index is 11.5. The van der Waals surface area contributed by atoms with Crippen LogP contribution in [0.2, 0.25) is 0 Å². The summed E-state index contributed by atoms with van der Waals surface area (Å²) in [5, 5.41) is 0. The Balaban J connectivity index is 2.25. The predicted molar refractivity (Wildman–Crippen MR) is 74.9 cm³/mol. The summed E-state index contributed by atoms with van der Waals surface area (Å²) >= 11 is 3.28. The Morgan fingerprint density at radius 3 is 2.79 bits per heavy atom. The molecule has 3 rings (SSSR count). The summed E-state index contributed by atoms with van der Waals surface area (Å²) in [5.41, 5.74) is 3.90. The molecule has 0 radical (unpaired) electrons. The molecule has 2 heterocycles. The molecule has 0 unspecified atom stereocenters. The minimum atomic E-state index is -0.368. The highest BCUT2D eigenvalue weighted by Crippen LogP contribution is 2.23. The molecule has 0 spiro atoms. The summed E-state index contributed by atoms with van der Waals surface area (Å²) in [6.07, 6.45) is 0. The minimum Gasteiger partial charge on any atom is -0.408 e. The van der Waals surface area contributed by atoms with Crippen LogP contribution in [0.15, 0.2) is 38.2 Å². The number of aromatic nitrogens is 3. The van der Waals surface area contributed by atoms with E-state index in [-0.39, 0.29) is 5.76 Å². The lowest BCUT2D eigenvalue weighted by atomic mass is 10.1. The Morgan fingerprint density at radius 1 is 1.26 bits per heavy atom. The highest BCUT2D eigenvalue weighted by Gasteiger charge is 2.09. The topological polar surface area (TPSA) is 60.9 Å². The molecule has 0 saturated carbocycles. The maximum Gasteiger partial charge on any atom is 0.419 e. The van der Waals surface area contributed by atoms with Gasteiger partial charge in [-0.25, -0.2) is 14.8 Å². The van der Waals surface area contributed by atoms with Crippen molar-refractivity contribution in [2.75, 3.05) is 0 Å². The number of hydrogen-bond donors (Lipinski definition) is 0. The van der Waals surface area contributed by atoms with E-state index >= 15 is 0 Å². The molecule has 2 aromatic heterocycles. The van der Waals surface area contributed by atoms with Crippen molar-refractivity contribution in [3.8, 4) is 11.3 Å². The third-order valence-corrected chi connectivity index (χ3v) is 3.27. The van der Waals surface area contributed by atoms with Crippen molar-refractivity contribution < 1.29 is 4.42 Å². The second-order valence-electron chi connectivity index (χ2n) is 4.27. The highest BCUT2D eigenvalue weighted by atomic mass is 79.9. The Hall–Kier alpha value is -1.95. The highest BCUT2D eigenvalue weighted by molar-refractivity contribution is 9.10. The van der Waals surface area contributed by atoms with Crippen LogP contribution < -0.4 is 5.76 Å².